The van der Waals surface area contributed by atoms with Crippen LogP contribution in [0, 0.1) is 11.3 Å². The van der Waals surface area contributed by atoms with Crippen molar-refractivity contribution in [1.29, 1.82) is 5.26 Å². The maximum atomic E-state index is 9.12. The summed E-state index contributed by atoms with van der Waals surface area (Å²) in [6.45, 7) is 4.95. The van der Waals surface area contributed by atoms with Crippen LogP contribution in [0.4, 0.5) is 0 Å². The van der Waals surface area contributed by atoms with Crippen LogP contribution in [0.2, 0.25) is 0 Å². The Balaban J connectivity index is 2.13. The molecule has 0 saturated carbocycles. The maximum Gasteiger partial charge on any atom is 0.125 e. The van der Waals surface area contributed by atoms with E-state index in [0.29, 0.717) is 17.5 Å². The zero-order valence-corrected chi connectivity index (χ0v) is 13.0. The molecule has 1 aromatic heterocycles. The Morgan fingerprint density at radius 1 is 1.52 bits per heavy atom. The quantitative estimate of drug-likeness (QED) is 0.793. The number of nitriles is 1. The van der Waals surface area contributed by atoms with Gasteiger partial charge in [0.1, 0.15) is 5.82 Å². The van der Waals surface area contributed by atoms with E-state index in [-0.39, 0.29) is 5.60 Å². The van der Waals surface area contributed by atoms with Crippen LogP contribution < -0.4 is 0 Å². The summed E-state index contributed by atoms with van der Waals surface area (Å²) in [6, 6.07) is 8.10. The molecule has 3 rings (SSSR count). The second-order valence-electron chi connectivity index (χ2n) is 6.10. The summed E-state index contributed by atoms with van der Waals surface area (Å²) >= 11 is 6.09. The highest BCUT2D eigenvalue weighted by atomic mass is 35.5. The first-order valence-electron chi connectivity index (χ1n) is 7.15. The predicted octanol–water partition coefficient (Wildman–Crippen LogP) is 3.78. The molecule has 1 saturated heterocycles. The van der Waals surface area contributed by atoms with Crippen molar-refractivity contribution in [3.63, 3.8) is 0 Å². The zero-order chi connectivity index (χ0) is 15.0. The second-order valence-corrected chi connectivity index (χ2v) is 6.37. The fourth-order valence-corrected chi connectivity index (χ4v) is 3.32. The van der Waals surface area contributed by atoms with E-state index >= 15 is 0 Å². The number of fused-ring (bicyclic) bond motifs is 1. The molecule has 4 nitrogen and oxygen atoms in total. The minimum atomic E-state index is -0.143. The summed E-state index contributed by atoms with van der Waals surface area (Å²) in [4.78, 5) is 4.61. The molecule has 1 atom stereocenters. The molecule has 0 N–H and O–H groups in total. The minimum absolute atomic E-state index is 0.143. The van der Waals surface area contributed by atoms with E-state index in [4.69, 9.17) is 21.6 Å². The van der Waals surface area contributed by atoms with Gasteiger partial charge in [-0.2, -0.15) is 5.26 Å². The summed E-state index contributed by atoms with van der Waals surface area (Å²) in [6.07, 6.45) is 1.86. The molecule has 2 aromatic rings. The number of rotatable bonds is 2. The van der Waals surface area contributed by atoms with Crippen LogP contribution in [0.5, 0.6) is 0 Å². The van der Waals surface area contributed by atoms with Crippen LogP contribution in [0.25, 0.3) is 11.0 Å². The van der Waals surface area contributed by atoms with Gasteiger partial charge in [0.2, 0.25) is 0 Å². The third-order valence-electron chi connectivity index (χ3n) is 4.05. The predicted molar refractivity (Wildman–Crippen MR) is 82.3 cm³/mol. The maximum absolute atomic E-state index is 9.12. The molecule has 0 aliphatic carbocycles. The van der Waals surface area contributed by atoms with Gasteiger partial charge in [0, 0.05) is 12.6 Å². The van der Waals surface area contributed by atoms with Gasteiger partial charge in [-0.05, 0) is 44.9 Å². The SMILES string of the molecule is CC1(C)CC(n2c(CCl)nc3ccc(C#N)cc32)CCO1. The normalized spacial score (nSPS) is 21.3. The third kappa shape index (κ3) is 2.64. The number of alkyl halides is 1. The van der Waals surface area contributed by atoms with E-state index in [2.05, 4.69) is 29.5 Å². The number of benzene rings is 1. The summed E-state index contributed by atoms with van der Waals surface area (Å²) in [7, 11) is 0. The van der Waals surface area contributed by atoms with Crippen molar-refractivity contribution in [2.45, 2.75) is 44.2 Å². The van der Waals surface area contributed by atoms with E-state index in [0.717, 1.165) is 36.3 Å². The number of imidazole rings is 1. The Kier molecular flexibility index (Phi) is 3.64. The van der Waals surface area contributed by atoms with Crippen molar-refractivity contribution in [3.05, 3.63) is 29.6 Å². The third-order valence-corrected chi connectivity index (χ3v) is 4.29. The highest BCUT2D eigenvalue weighted by molar-refractivity contribution is 6.16. The van der Waals surface area contributed by atoms with Crippen LogP contribution in [0.1, 0.15) is 44.1 Å². The van der Waals surface area contributed by atoms with Crippen molar-refractivity contribution in [3.8, 4) is 6.07 Å². The van der Waals surface area contributed by atoms with E-state index in [1.54, 1.807) is 6.07 Å². The van der Waals surface area contributed by atoms with Crippen LogP contribution in [0.3, 0.4) is 0 Å². The highest BCUT2D eigenvalue weighted by Gasteiger charge is 2.31. The molecule has 5 heteroatoms. The van der Waals surface area contributed by atoms with Gasteiger partial charge < -0.3 is 9.30 Å². The number of aromatic nitrogens is 2. The lowest BCUT2D eigenvalue weighted by Crippen LogP contribution is -2.35. The van der Waals surface area contributed by atoms with E-state index in [1.807, 2.05) is 12.1 Å². The fourth-order valence-electron chi connectivity index (χ4n) is 3.13. The van der Waals surface area contributed by atoms with Crippen molar-refractivity contribution < 1.29 is 4.74 Å². The molecule has 1 aromatic carbocycles. The summed E-state index contributed by atoms with van der Waals surface area (Å²) < 4.78 is 8.01. The van der Waals surface area contributed by atoms with Gasteiger partial charge >= 0.3 is 0 Å². The van der Waals surface area contributed by atoms with Gasteiger partial charge in [-0.15, -0.1) is 11.6 Å². The van der Waals surface area contributed by atoms with Gasteiger partial charge in [0.05, 0.1) is 34.1 Å². The number of hydrogen-bond acceptors (Lipinski definition) is 3. The van der Waals surface area contributed by atoms with Crippen molar-refractivity contribution in [2.24, 2.45) is 0 Å². The Labute approximate surface area is 129 Å². The number of halogens is 1. The van der Waals surface area contributed by atoms with Gasteiger partial charge in [-0.25, -0.2) is 4.98 Å². The summed E-state index contributed by atoms with van der Waals surface area (Å²) in [5.74, 6) is 1.23. The number of hydrogen-bond donors (Lipinski definition) is 0. The van der Waals surface area contributed by atoms with Crippen LogP contribution in [-0.2, 0) is 10.6 Å². The van der Waals surface area contributed by atoms with E-state index in [9.17, 15) is 0 Å². The number of nitrogens with zero attached hydrogens (tertiary/aromatic N) is 3. The number of ether oxygens (including phenoxy) is 1. The zero-order valence-electron chi connectivity index (χ0n) is 12.3. The Hall–Kier alpha value is -1.57. The van der Waals surface area contributed by atoms with Gasteiger partial charge in [-0.3, -0.25) is 0 Å². The molecule has 2 heterocycles. The first-order chi connectivity index (χ1) is 10.0. The van der Waals surface area contributed by atoms with Crippen molar-refractivity contribution >= 4 is 22.6 Å². The first kappa shape index (κ1) is 14.4. The smallest absolute Gasteiger partial charge is 0.125 e. The molecule has 0 amide bonds. The van der Waals surface area contributed by atoms with E-state index < -0.39 is 0 Å². The summed E-state index contributed by atoms with van der Waals surface area (Å²) in [5.41, 5.74) is 2.40. The van der Waals surface area contributed by atoms with Crippen molar-refractivity contribution in [1.82, 2.24) is 9.55 Å². The van der Waals surface area contributed by atoms with Crippen LogP contribution >= 0.6 is 11.6 Å². The molecule has 1 unspecified atom stereocenters. The van der Waals surface area contributed by atoms with Gasteiger partial charge in [0.15, 0.2) is 0 Å². The highest BCUT2D eigenvalue weighted by Crippen LogP contribution is 2.35. The Morgan fingerprint density at radius 3 is 3.00 bits per heavy atom. The average molecular weight is 304 g/mol. The van der Waals surface area contributed by atoms with Gasteiger partial charge in [0.25, 0.3) is 0 Å². The van der Waals surface area contributed by atoms with Crippen molar-refractivity contribution in [2.75, 3.05) is 6.61 Å². The van der Waals surface area contributed by atoms with Gasteiger partial charge in [-0.1, -0.05) is 0 Å². The largest absolute Gasteiger partial charge is 0.375 e. The lowest BCUT2D eigenvalue weighted by Gasteiger charge is -2.36. The van der Waals surface area contributed by atoms with Crippen LogP contribution in [0.15, 0.2) is 18.2 Å². The molecule has 0 spiro atoms. The second kappa shape index (κ2) is 5.32. The van der Waals surface area contributed by atoms with E-state index in [1.165, 1.54) is 0 Å². The Bertz CT molecular complexity index is 714. The van der Waals surface area contributed by atoms with Crippen LogP contribution in [-0.4, -0.2) is 21.8 Å². The molecular formula is C16H18ClN3O. The molecule has 1 fully saturated rings. The molecule has 110 valence electrons. The first-order valence-corrected chi connectivity index (χ1v) is 7.68. The standard InChI is InChI=1S/C16H18ClN3O/c1-16(2)8-12(5-6-21-16)20-14-7-11(10-18)3-4-13(14)19-15(20)9-17/h3-4,7,12H,5-6,8-9H2,1-2H3. The summed E-state index contributed by atoms with van der Waals surface area (Å²) in [5, 5.41) is 9.12. The average Bonchev–Trinajstić information content (AvgIpc) is 2.83. The Morgan fingerprint density at radius 2 is 2.33 bits per heavy atom. The lowest BCUT2D eigenvalue weighted by atomic mass is 9.93. The minimum Gasteiger partial charge on any atom is -0.375 e. The molecule has 1 aliphatic rings. The monoisotopic (exact) mass is 303 g/mol. The molecule has 0 radical (unpaired) electrons. The topological polar surface area (TPSA) is 50.8 Å². The lowest BCUT2D eigenvalue weighted by molar-refractivity contribution is -0.0687. The molecule has 0 bridgehead atoms. The molecule has 21 heavy (non-hydrogen) atoms. The fraction of sp³-hybridized carbons (Fsp3) is 0.500. The molecule has 1 aliphatic heterocycles. The molecular weight excluding hydrogens is 286 g/mol.